The second-order valence-corrected chi connectivity index (χ2v) is 15.8. The van der Waals surface area contributed by atoms with Gasteiger partial charge in [0.15, 0.2) is 6.10 Å². The summed E-state index contributed by atoms with van der Waals surface area (Å²) in [6.45, 7) is 2.24. The minimum absolute atomic E-state index is 0.103. The van der Waals surface area contributed by atoms with Crippen molar-refractivity contribution in [2.75, 3.05) is 26.4 Å². The van der Waals surface area contributed by atoms with Crippen LogP contribution in [0.4, 0.5) is 0 Å². The van der Waals surface area contributed by atoms with Gasteiger partial charge in [-0.25, -0.2) is 4.57 Å². The highest BCUT2D eigenvalue weighted by Gasteiger charge is 2.27. The van der Waals surface area contributed by atoms with E-state index in [1.54, 1.807) is 0 Å². The Bertz CT molecular complexity index is 1180. The maximum atomic E-state index is 12.6. The van der Waals surface area contributed by atoms with Crippen LogP contribution in [0.3, 0.4) is 0 Å². The SMILES string of the molecule is CCCCC/C=C\C/C=C\C/C=C\C/C=C\CCCC(=O)O[C@H](COC(=O)CCCCCCCCC/C=C\C/C=C\CCCCC)COP(=O)(O)OC[C@@H](O)CO. The van der Waals surface area contributed by atoms with Crippen molar-refractivity contribution in [1.29, 1.82) is 0 Å². The van der Waals surface area contributed by atoms with Crippen molar-refractivity contribution in [3.05, 3.63) is 72.9 Å². The minimum atomic E-state index is -4.64. The molecule has 0 amide bonds. The lowest BCUT2D eigenvalue weighted by atomic mass is 10.1. The Kier molecular flexibility index (Phi) is 39.7. The first-order chi connectivity index (χ1) is 27.7. The standard InChI is InChI=1S/C46H79O10P/c1-3-5-7-9-11-13-15-17-19-21-23-25-27-29-31-33-35-37-45(49)53-41-44(42-55-57(51,52)54-40-43(48)39-47)56-46(50)38-36-34-32-30-28-26-24-22-20-18-16-14-12-10-8-6-4-2/h11-14,17-20,24,26,30,32,43-44,47-48H,3-10,15-16,21-23,25,27-29,31,33-42H2,1-2H3,(H,51,52)/b13-11-,14-12-,19-17-,20-18-,26-24-,32-30-/t43-,44+/m0/s1. The van der Waals surface area contributed by atoms with Crippen LogP contribution in [0.5, 0.6) is 0 Å². The molecule has 0 aromatic heterocycles. The molecule has 0 rings (SSSR count). The summed E-state index contributed by atoms with van der Waals surface area (Å²) in [5, 5.41) is 18.3. The molecule has 1 unspecified atom stereocenters. The summed E-state index contributed by atoms with van der Waals surface area (Å²) in [7, 11) is -4.64. The van der Waals surface area contributed by atoms with Crippen LogP contribution in [0.25, 0.3) is 0 Å². The molecule has 0 spiro atoms. The van der Waals surface area contributed by atoms with Gasteiger partial charge in [0.25, 0.3) is 0 Å². The average molecular weight is 823 g/mol. The second kappa shape index (κ2) is 41.6. The molecule has 0 saturated heterocycles. The van der Waals surface area contributed by atoms with E-state index in [1.807, 2.05) is 12.2 Å². The van der Waals surface area contributed by atoms with Crippen LogP contribution in [-0.2, 0) is 32.7 Å². The number of rotatable bonds is 40. The molecule has 328 valence electrons. The van der Waals surface area contributed by atoms with E-state index < -0.39 is 51.8 Å². The topological polar surface area (TPSA) is 149 Å². The number of hydrogen-bond acceptors (Lipinski definition) is 9. The molecule has 11 heteroatoms. The molecule has 10 nitrogen and oxygen atoms in total. The Morgan fingerprint density at radius 1 is 0.526 bits per heavy atom. The van der Waals surface area contributed by atoms with Gasteiger partial charge in [-0.05, 0) is 83.5 Å². The zero-order valence-corrected chi connectivity index (χ0v) is 36.4. The zero-order valence-electron chi connectivity index (χ0n) is 35.5. The Morgan fingerprint density at radius 2 is 0.930 bits per heavy atom. The smallest absolute Gasteiger partial charge is 0.462 e. The van der Waals surface area contributed by atoms with Crippen molar-refractivity contribution in [3.63, 3.8) is 0 Å². The number of carbonyl (C=O) groups excluding carboxylic acids is 2. The van der Waals surface area contributed by atoms with E-state index in [1.165, 1.54) is 64.2 Å². The summed E-state index contributed by atoms with van der Waals surface area (Å²) in [6, 6.07) is 0. The van der Waals surface area contributed by atoms with E-state index in [2.05, 4.69) is 79.1 Å². The molecule has 0 bridgehead atoms. The summed E-state index contributed by atoms with van der Waals surface area (Å²) in [4.78, 5) is 35.0. The number of allylic oxidation sites excluding steroid dienone is 12. The van der Waals surface area contributed by atoms with E-state index in [9.17, 15) is 24.2 Å². The number of phosphoric ester groups is 1. The highest BCUT2D eigenvalue weighted by Crippen LogP contribution is 2.43. The number of phosphoric acid groups is 1. The Hall–Kier alpha value is -2.59. The summed E-state index contributed by atoms with van der Waals surface area (Å²) < 4.78 is 32.6. The first-order valence-electron chi connectivity index (χ1n) is 21.9. The molecule has 3 N–H and O–H groups in total. The molecule has 3 atom stereocenters. The number of unbranched alkanes of at least 4 members (excludes halogenated alkanes) is 14. The van der Waals surface area contributed by atoms with E-state index in [0.717, 1.165) is 57.8 Å². The molecular weight excluding hydrogens is 743 g/mol. The number of aliphatic hydroxyl groups excluding tert-OH is 2. The molecule has 0 aromatic rings. The van der Waals surface area contributed by atoms with Gasteiger partial charge >= 0.3 is 19.8 Å². The number of esters is 2. The van der Waals surface area contributed by atoms with E-state index in [-0.39, 0.29) is 19.4 Å². The van der Waals surface area contributed by atoms with Crippen LogP contribution in [0.15, 0.2) is 72.9 Å². The molecule has 0 aliphatic rings. The molecule has 0 aliphatic heterocycles. The quantitative estimate of drug-likeness (QED) is 0.0236. The third kappa shape index (κ3) is 41.4. The van der Waals surface area contributed by atoms with Gasteiger partial charge < -0.3 is 24.6 Å². The van der Waals surface area contributed by atoms with Crippen molar-refractivity contribution in [2.45, 2.75) is 180 Å². The lowest BCUT2D eigenvalue weighted by molar-refractivity contribution is -0.161. The predicted octanol–water partition coefficient (Wildman–Crippen LogP) is 11.7. The number of ether oxygens (including phenoxy) is 2. The van der Waals surface area contributed by atoms with E-state index in [0.29, 0.717) is 19.3 Å². The van der Waals surface area contributed by atoms with Crippen molar-refractivity contribution in [1.82, 2.24) is 0 Å². The lowest BCUT2D eigenvalue weighted by Crippen LogP contribution is -2.29. The molecule has 0 aliphatic carbocycles. The number of hydrogen-bond donors (Lipinski definition) is 3. The van der Waals surface area contributed by atoms with Crippen LogP contribution in [-0.4, -0.2) is 65.7 Å². The zero-order chi connectivity index (χ0) is 41.9. The maximum absolute atomic E-state index is 12.6. The van der Waals surface area contributed by atoms with Crippen LogP contribution < -0.4 is 0 Å². The van der Waals surface area contributed by atoms with Crippen LogP contribution in [0.2, 0.25) is 0 Å². The predicted molar refractivity (Wildman–Crippen MR) is 233 cm³/mol. The second-order valence-electron chi connectivity index (χ2n) is 14.4. The van der Waals surface area contributed by atoms with Gasteiger partial charge in [0.1, 0.15) is 12.7 Å². The van der Waals surface area contributed by atoms with Gasteiger partial charge in [-0.1, -0.05) is 145 Å². The summed E-state index contributed by atoms with van der Waals surface area (Å²) in [6.07, 6.45) is 47.3. The lowest BCUT2D eigenvalue weighted by Gasteiger charge is -2.20. The molecule has 0 fully saturated rings. The van der Waals surface area contributed by atoms with Crippen molar-refractivity contribution in [2.24, 2.45) is 0 Å². The van der Waals surface area contributed by atoms with Crippen molar-refractivity contribution >= 4 is 19.8 Å². The van der Waals surface area contributed by atoms with Crippen LogP contribution >= 0.6 is 7.82 Å². The number of aliphatic hydroxyl groups is 2. The highest BCUT2D eigenvalue weighted by molar-refractivity contribution is 7.47. The van der Waals surface area contributed by atoms with Crippen molar-refractivity contribution in [3.8, 4) is 0 Å². The van der Waals surface area contributed by atoms with Gasteiger partial charge in [-0.2, -0.15) is 0 Å². The Morgan fingerprint density at radius 3 is 1.42 bits per heavy atom. The first-order valence-corrected chi connectivity index (χ1v) is 23.4. The van der Waals surface area contributed by atoms with E-state index >= 15 is 0 Å². The largest absolute Gasteiger partial charge is 0.472 e. The fourth-order valence-corrected chi connectivity index (χ4v) is 6.22. The van der Waals surface area contributed by atoms with Gasteiger partial charge in [-0.3, -0.25) is 18.6 Å². The third-order valence-electron chi connectivity index (χ3n) is 8.83. The van der Waals surface area contributed by atoms with Crippen LogP contribution in [0, 0.1) is 0 Å². The van der Waals surface area contributed by atoms with E-state index in [4.69, 9.17) is 19.1 Å². The molecule has 0 radical (unpaired) electrons. The first kappa shape index (κ1) is 54.4. The van der Waals surface area contributed by atoms with Gasteiger partial charge in [0.05, 0.1) is 19.8 Å². The Labute approximate surface area is 346 Å². The fourth-order valence-electron chi connectivity index (χ4n) is 5.43. The summed E-state index contributed by atoms with van der Waals surface area (Å²) >= 11 is 0. The molecule has 0 aromatic carbocycles. The maximum Gasteiger partial charge on any atom is 0.472 e. The number of carbonyl (C=O) groups is 2. The van der Waals surface area contributed by atoms with Crippen molar-refractivity contribution < 1.29 is 47.8 Å². The van der Waals surface area contributed by atoms with Gasteiger partial charge in [0.2, 0.25) is 0 Å². The average Bonchev–Trinajstić information content (AvgIpc) is 3.20. The van der Waals surface area contributed by atoms with Gasteiger partial charge in [0, 0.05) is 12.8 Å². The third-order valence-corrected chi connectivity index (χ3v) is 9.78. The molecule has 0 saturated carbocycles. The minimum Gasteiger partial charge on any atom is -0.462 e. The Balaban J connectivity index is 4.41. The monoisotopic (exact) mass is 823 g/mol. The summed E-state index contributed by atoms with van der Waals surface area (Å²) in [5.74, 6) is -1.00. The fraction of sp³-hybridized carbons (Fsp3) is 0.696. The molecule has 0 heterocycles. The molecular formula is C46H79O10P. The van der Waals surface area contributed by atoms with Crippen LogP contribution in [0.1, 0.15) is 168 Å². The molecule has 57 heavy (non-hydrogen) atoms. The summed E-state index contributed by atoms with van der Waals surface area (Å²) in [5.41, 5.74) is 0. The highest BCUT2D eigenvalue weighted by atomic mass is 31.2. The normalized spacial score (nSPS) is 14.5. The van der Waals surface area contributed by atoms with Gasteiger partial charge in [-0.15, -0.1) is 0 Å².